The summed E-state index contributed by atoms with van der Waals surface area (Å²) in [4.78, 5) is 14.8. The van der Waals surface area contributed by atoms with Gasteiger partial charge in [-0.1, -0.05) is 12.1 Å². The molecule has 24 heavy (non-hydrogen) atoms. The van der Waals surface area contributed by atoms with E-state index in [0.717, 1.165) is 18.4 Å². The topological polar surface area (TPSA) is 94.9 Å². The van der Waals surface area contributed by atoms with Crippen LogP contribution in [-0.2, 0) is 6.18 Å². The fourth-order valence-corrected chi connectivity index (χ4v) is 1.96. The van der Waals surface area contributed by atoms with E-state index in [2.05, 4.69) is 15.2 Å². The van der Waals surface area contributed by atoms with Crippen LogP contribution in [0.1, 0.15) is 16.1 Å². The van der Waals surface area contributed by atoms with Crippen molar-refractivity contribution in [3.05, 3.63) is 53.9 Å². The van der Waals surface area contributed by atoms with Crippen molar-refractivity contribution in [3.63, 3.8) is 0 Å². The monoisotopic (exact) mass is 334 g/mol. The van der Waals surface area contributed by atoms with Gasteiger partial charge in [0.05, 0.1) is 11.3 Å². The molecule has 0 aliphatic carbocycles. The maximum Gasteiger partial charge on any atom is 0.416 e. The molecule has 0 fully saturated rings. The summed E-state index contributed by atoms with van der Waals surface area (Å²) in [6.07, 6.45) is -3.35. The maximum atomic E-state index is 12.7. The van der Waals surface area contributed by atoms with Gasteiger partial charge in [-0.2, -0.15) is 13.2 Å². The van der Waals surface area contributed by atoms with Gasteiger partial charge in [-0.05, 0) is 24.3 Å². The van der Waals surface area contributed by atoms with Crippen LogP contribution in [0.15, 0.2) is 47.1 Å². The van der Waals surface area contributed by atoms with E-state index in [1.165, 1.54) is 24.3 Å². The number of primary amides is 1. The minimum Gasteiger partial charge on any atom is -0.442 e. The second kappa shape index (κ2) is 5.76. The van der Waals surface area contributed by atoms with Crippen molar-refractivity contribution in [2.75, 3.05) is 0 Å². The third-order valence-electron chi connectivity index (χ3n) is 3.13. The minimum atomic E-state index is -4.44. The SMILES string of the molecule is NC(=O)c1coc(-c2ccc(-c3cccc(C(F)(F)F)c3)nn2)n1. The summed E-state index contributed by atoms with van der Waals surface area (Å²) in [6.45, 7) is 0. The summed E-state index contributed by atoms with van der Waals surface area (Å²) >= 11 is 0. The summed E-state index contributed by atoms with van der Waals surface area (Å²) in [5, 5.41) is 7.72. The molecule has 122 valence electrons. The summed E-state index contributed by atoms with van der Waals surface area (Å²) in [5.74, 6) is -0.717. The average molecular weight is 334 g/mol. The van der Waals surface area contributed by atoms with Crippen LogP contribution in [0.25, 0.3) is 22.8 Å². The molecule has 0 radical (unpaired) electrons. The van der Waals surface area contributed by atoms with E-state index in [4.69, 9.17) is 10.2 Å². The Balaban J connectivity index is 1.90. The number of oxazole rings is 1. The van der Waals surface area contributed by atoms with Crippen molar-refractivity contribution in [1.82, 2.24) is 15.2 Å². The number of hydrogen-bond acceptors (Lipinski definition) is 5. The van der Waals surface area contributed by atoms with Crippen molar-refractivity contribution < 1.29 is 22.4 Å². The molecule has 0 atom stereocenters. The molecule has 0 spiro atoms. The minimum absolute atomic E-state index is 0.0342. The van der Waals surface area contributed by atoms with Gasteiger partial charge in [0.25, 0.3) is 5.91 Å². The van der Waals surface area contributed by atoms with E-state index >= 15 is 0 Å². The lowest BCUT2D eigenvalue weighted by Gasteiger charge is -2.08. The van der Waals surface area contributed by atoms with Gasteiger partial charge in [0.15, 0.2) is 5.69 Å². The van der Waals surface area contributed by atoms with Gasteiger partial charge in [0.1, 0.15) is 12.0 Å². The Morgan fingerprint density at radius 2 is 1.79 bits per heavy atom. The predicted molar refractivity (Wildman–Crippen MR) is 76.5 cm³/mol. The highest BCUT2D eigenvalue weighted by molar-refractivity contribution is 5.90. The maximum absolute atomic E-state index is 12.7. The zero-order valence-corrected chi connectivity index (χ0v) is 11.9. The highest BCUT2D eigenvalue weighted by Crippen LogP contribution is 2.31. The Morgan fingerprint density at radius 3 is 2.38 bits per heavy atom. The number of amides is 1. The molecular weight excluding hydrogens is 325 g/mol. The smallest absolute Gasteiger partial charge is 0.416 e. The third-order valence-corrected chi connectivity index (χ3v) is 3.13. The normalized spacial score (nSPS) is 11.5. The lowest BCUT2D eigenvalue weighted by Crippen LogP contribution is -2.11. The van der Waals surface area contributed by atoms with Gasteiger partial charge in [-0.3, -0.25) is 4.79 Å². The summed E-state index contributed by atoms with van der Waals surface area (Å²) in [5.41, 5.74) is 4.98. The van der Waals surface area contributed by atoms with Crippen molar-refractivity contribution in [2.45, 2.75) is 6.18 Å². The first-order chi connectivity index (χ1) is 11.3. The second-order valence-electron chi connectivity index (χ2n) is 4.78. The standard InChI is InChI=1S/C15H9F3N4O2/c16-15(17,18)9-3-1-2-8(6-9)10-4-5-11(22-21-10)14-20-12(7-24-14)13(19)23/h1-7H,(H2,19,23). The number of nitrogens with two attached hydrogens (primary N) is 1. The lowest BCUT2D eigenvalue weighted by atomic mass is 10.1. The molecule has 0 saturated carbocycles. The second-order valence-corrected chi connectivity index (χ2v) is 4.78. The number of aromatic nitrogens is 3. The van der Waals surface area contributed by atoms with Gasteiger partial charge in [0.2, 0.25) is 5.89 Å². The fourth-order valence-electron chi connectivity index (χ4n) is 1.96. The molecular formula is C15H9F3N4O2. The Morgan fingerprint density at radius 1 is 1.08 bits per heavy atom. The zero-order valence-electron chi connectivity index (χ0n) is 11.9. The van der Waals surface area contributed by atoms with E-state index in [1.807, 2.05) is 0 Å². The molecule has 1 aromatic carbocycles. The van der Waals surface area contributed by atoms with Crippen LogP contribution < -0.4 is 5.73 Å². The first kappa shape index (κ1) is 15.7. The van der Waals surface area contributed by atoms with Crippen LogP contribution in [0.4, 0.5) is 13.2 Å². The van der Waals surface area contributed by atoms with Crippen LogP contribution in [0.5, 0.6) is 0 Å². The van der Waals surface area contributed by atoms with Crippen LogP contribution >= 0.6 is 0 Å². The number of rotatable bonds is 3. The van der Waals surface area contributed by atoms with Gasteiger partial charge >= 0.3 is 6.18 Å². The van der Waals surface area contributed by atoms with Crippen molar-refractivity contribution in [3.8, 4) is 22.8 Å². The summed E-state index contributed by atoms with van der Waals surface area (Å²) < 4.78 is 43.3. The Kier molecular flexibility index (Phi) is 3.76. The van der Waals surface area contributed by atoms with Gasteiger partial charge in [0, 0.05) is 5.56 Å². The Labute approximate surface area is 133 Å². The Bertz CT molecular complexity index is 888. The van der Waals surface area contributed by atoms with E-state index in [0.29, 0.717) is 0 Å². The van der Waals surface area contributed by atoms with Crippen LogP contribution in [0.2, 0.25) is 0 Å². The molecule has 2 aromatic heterocycles. The molecule has 3 rings (SSSR count). The molecule has 2 N–H and O–H groups in total. The molecule has 2 heterocycles. The molecule has 6 nitrogen and oxygen atoms in total. The van der Waals surface area contributed by atoms with E-state index in [1.54, 1.807) is 0 Å². The van der Waals surface area contributed by atoms with Crippen LogP contribution in [0.3, 0.4) is 0 Å². The molecule has 1 amide bonds. The first-order valence-electron chi connectivity index (χ1n) is 6.61. The van der Waals surface area contributed by atoms with E-state index in [-0.39, 0.29) is 28.5 Å². The molecule has 9 heteroatoms. The van der Waals surface area contributed by atoms with Crippen LogP contribution in [-0.4, -0.2) is 21.1 Å². The molecule has 0 saturated heterocycles. The fraction of sp³-hybridized carbons (Fsp3) is 0.0667. The van der Waals surface area contributed by atoms with Gasteiger partial charge in [-0.15, -0.1) is 10.2 Å². The van der Waals surface area contributed by atoms with Gasteiger partial charge < -0.3 is 10.2 Å². The Hall–Kier alpha value is -3.23. The number of alkyl halides is 3. The highest BCUT2D eigenvalue weighted by Gasteiger charge is 2.30. The number of halogens is 3. The van der Waals surface area contributed by atoms with Gasteiger partial charge in [-0.25, -0.2) is 4.98 Å². The summed E-state index contributed by atoms with van der Waals surface area (Å²) in [6, 6.07) is 7.70. The predicted octanol–water partition coefficient (Wildman–Crippen LogP) is 2.92. The van der Waals surface area contributed by atoms with E-state index in [9.17, 15) is 18.0 Å². The van der Waals surface area contributed by atoms with Crippen molar-refractivity contribution in [2.24, 2.45) is 5.73 Å². The number of nitrogens with zero attached hydrogens (tertiary/aromatic N) is 3. The molecule has 0 aliphatic rings. The van der Waals surface area contributed by atoms with E-state index < -0.39 is 17.6 Å². The third kappa shape index (κ3) is 3.09. The zero-order chi connectivity index (χ0) is 17.3. The molecule has 0 aliphatic heterocycles. The molecule has 3 aromatic rings. The summed E-state index contributed by atoms with van der Waals surface area (Å²) in [7, 11) is 0. The quantitative estimate of drug-likeness (QED) is 0.794. The molecule has 0 bridgehead atoms. The van der Waals surface area contributed by atoms with Crippen molar-refractivity contribution in [1.29, 1.82) is 0 Å². The number of benzene rings is 1. The number of carbonyl (C=O) groups excluding carboxylic acids is 1. The lowest BCUT2D eigenvalue weighted by molar-refractivity contribution is -0.137. The number of hydrogen-bond donors (Lipinski definition) is 1. The first-order valence-corrected chi connectivity index (χ1v) is 6.61. The number of carbonyl (C=O) groups is 1. The van der Waals surface area contributed by atoms with Crippen LogP contribution in [0, 0.1) is 0 Å². The highest BCUT2D eigenvalue weighted by atomic mass is 19.4. The largest absolute Gasteiger partial charge is 0.442 e. The average Bonchev–Trinajstić information content (AvgIpc) is 3.05. The molecule has 0 unspecified atom stereocenters. The van der Waals surface area contributed by atoms with Crippen molar-refractivity contribution >= 4 is 5.91 Å².